The molecule has 0 saturated carbocycles. The quantitative estimate of drug-likeness (QED) is 0.716. The van der Waals surface area contributed by atoms with Crippen LogP contribution in [0.25, 0.3) is 11.4 Å². The maximum atomic E-state index is 12.8. The molecule has 0 radical (unpaired) electrons. The van der Waals surface area contributed by atoms with E-state index in [1.807, 2.05) is 23.6 Å². The summed E-state index contributed by atoms with van der Waals surface area (Å²) in [6, 6.07) is 11.9. The highest BCUT2D eigenvalue weighted by Gasteiger charge is 2.09. The van der Waals surface area contributed by atoms with Gasteiger partial charge < -0.3 is 5.32 Å². The molecule has 0 spiro atoms. The Hall–Kier alpha value is -2.25. The van der Waals surface area contributed by atoms with Gasteiger partial charge in [-0.25, -0.2) is 9.37 Å². The zero-order chi connectivity index (χ0) is 16.8. The van der Waals surface area contributed by atoms with Crippen LogP contribution >= 0.6 is 23.1 Å². The maximum Gasteiger partial charge on any atom is 0.236 e. The second-order valence-corrected chi connectivity index (χ2v) is 6.76. The Labute approximate surface area is 147 Å². The van der Waals surface area contributed by atoms with E-state index in [4.69, 9.17) is 0 Å². The number of hydrogen-bond acceptors (Lipinski definition) is 5. The fraction of sp³-hybridized carbons (Fsp3) is 0.118. The van der Waals surface area contributed by atoms with Crippen LogP contribution in [0, 0.1) is 5.82 Å². The first kappa shape index (κ1) is 16.6. The summed E-state index contributed by atoms with van der Waals surface area (Å²) >= 11 is 2.84. The van der Waals surface area contributed by atoms with Gasteiger partial charge in [0.1, 0.15) is 11.5 Å². The highest BCUT2D eigenvalue weighted by atomic mass is 32.2. The van der Waals surface area contributed by atoms with Crippen molar-refractivity contribution in [2.24, 2.45) is 0 Å². The Kier molecular flexibility index (Phi) is 5.55. The zero-order valence-corrected chi connectivity index (χ0v) is 14.2. The van der Waals surface area contributed by atoms with Gasteiger partial charge in [-0.05, 0) is 29.8 Å². The molecule has 122 valence electrons. The Morgan fingerprint density at radius 3 is 2.75 bits per heavy atom. The lowest BCUT2D eigenvalue weighted by Gasteiger charge is -2.02. The second kappa shape index (κ2) is 8.03. The number of thiazole rings is 1. The van der Waals surface area contributed by atoms with Crippen LogP contribution in [0.5, 0.6) is 0 Å². The Morgan fingerprint density at radius 2 is 2.00 bits per heavy atom. The van der Waals surface area contributed by atoms with Crippen molar-refractivity contribution in [3.8, 4) is 11.4 Å². The molecule has 3 aromatic rings. The van der Waals surface area contributed by atoms with Crippen molar-refractivity contribution in [2.75, 3.05) is 11.1 Å². The number of amides is 1. The van der Waals surface area contributed by atoms with E-state index in [2.05, 4.69) is 15.3 Å². The number of pyridine rings is 1. The van der Waals surface area contributed by atoms with Crippen molar-refractivity contribution in [2.45, 2.75) is 5.75 Å². The molecular weight excluding hydrogens is 345 g/mol. The minimum atomic E-state index is -0.256. The Bertz CT molecular complexity index is 806. The van der Waals surface area contributed by atoms with Gasteiger partial charge in [0, 0.05) is 17.3 Å². The zero-order valence-electron chi connectivity index (χ0n) is 12.6. The average Bonchev–Trinajstić information content (AvgIpc) is 3.06. The number of thioether (sulfide) groups is 1. The van der Waals surface area contributed by atoms with Crippen LogP contribution in [-0.2, 0) is 10.5 Å². The van der Waals surface area contributed by atoms with Crippen LogP contribution in [0.3, 0.4) is 0 Å². The number of hydrogen-bond donors (Lipinski definition) is 1. The molecule has 2 aromatic heterocycles. The SMILES string of the molecule is O=C(CSCc1ccc(F)cc1)Nc1nc(-c2ccccn2)cs1. The van der Waals surface area contributed by atoms with Gasteiger partial charge in [0.2, 0.25) is 5.91 Å². The number of benzene rings is 1. The third kappa shape index (κ3) is 4.62. The third-order valence-electron chi connectivity index (χ3n) is 3.09. The summed E-state index contributed by atoms with van der Waals surface area (Å²) in [4.78, 5) is 20.6. The number of carbonyl (C=O) groups is 1. The van der Waals surface area contributed by atoms with Gasteiger partial charge in [-0.1, -0.05) is 18.2 Å². The van der Waals surface area contributed by atoms with Gasteiger partial charge in [-0.3, -0.25) is 9.78 Å². The van der Waals surface area contributed by atoms with Crippen molar-refractivity contribution in [1.82, 2.24) is 9.97 Å². The standard InChI is InChI=1S/C17H14FN3OS2/c18-13-6-4-12(5-7-13)9-23-11-16(22)21-17-20-15(10-24-17)14-3-1-2-8-19-14/h1-8,10H,9,11H2,(H,20,21,22). The lowest BCUT2D eigenvalue weighted by molar-refractivity contribution is -0.113. The number of aromatic nitrogens is 2. The summed E-state index contributed by atoms with van der Waals surface area (Å²) in [5, 5.41) is 5.21. The number of nitrogens with zero attached hydrogens (tertiary/aromatic N) is 2. The van der Waals surface area contributed by atoms with E-state index < -0.39 is 0 Å². The first-order valence-electron chi connectivity index (χ1n) is 7.20. The molecule has 2 heterocycles. The Balaban J connectivity index is 1.48. The van der Waals surface area contributed by atoms with Crippen LogP contribution in [-0.4, -0.2) is 21.6 Å². The fourth-order valence-electron chi connectivity index (χ4n) is 1.96. The number of carbonyl (C=O) groups excluding carboxylic acids is 1. The molecule has 1 amide bonds. The Morgan fingerprint density at radius 1 is 1.17 bits per heavy atom. The van der Waals surface area contributed by atoms with Gasteiger partial charge in [-0.2, -0.15) is 0 Å². The molecule has 4 nitrogen and oxygen atoms in total. The molecule has 0 unspecified atom stereocenters. The molecule has 24 heavy (non-hydrogen) atoms. The van der Waals surface area contributed by atoms with E-state index in [9.17, 15) is 9.18 Å². The van der Waals surface area contributed by atoms with E-state index in [-0.39, 0.29) is 11.7 Å². The second-order valence-electron chi connectivity index (χ2n) is 4.92. The summed E-state index contributed by atoms with van der Waals surface area (Å²) in [5.74, 6) is 0.610. The highest BCUT2D eigenvalue weighted by Crippen LogP contribution is 2.23. The summed E-state index contributed by atoms with van der Waals surface area (Å²) in [5.41, 5.74) is 2.51. The summed E-state index contributed by atoms with van der Waals surface area (Å²) < 4.78 is 12.8. The predicted octanol–water partition coefficient (Wildman–Crippen LogP) is 4.22. The van der Waals surface area contributed by atoms with Crippen molar-refractivity contribution in [3.63, 3.8) is 0 Å². The van der Waals surface area contributed by atoms with Crippen LogP contribution in [0.1, 0.15) is 5.56 Å². The van der Waals surface area contributed by atoms with Gasteiger partial charge in [-0.15, -0.1) is 23.1 Å². The van der Waals surface area contributed by atoms with Gasteiger partial charge in [0.05, 0.1) is 11.4 Å². The smallest absolute Gasteiger partial charge is 0.236 e. The van der Waals surface area contributed by atoms with Crippen molar-refractivity contribution >= 4 is 34.1 Å². The number of rotatable bonds is 6. The molecule has 0 bridgehead atoms. The van der Waals surface area contributed by atoms with Crippen LogP contribution in [0.15, 0.2) is 54.0 Å². The average molecular weight is 359 g/mol. The van der Waals surface area contributed by atoms with Gasteiger partial charge in [0.15, 0.2) is 5.13 Å². The van der Waals surface area contributed by atoms with E-state index in [1.165, 1.54) is 35.2 Å². The van der Waals surface area contributed by atoms with Gasteiger partial charge >= 0.3 is 0 Å². The van der Waals surface area contributed by atoms with Crippen LogP contribution in [0.2, 0.25) is 0 Å². The maximum absolute atomic E-state index is 12.8. The molecular formula is C17H14FN3OS2. The minimum absolute atomic E-state index is 0.107. The van der Waals surface area contributed by atoms with E-state index in [0.29, 0.717) is 16.6 Å². The normalized spacial score (nSPS) is 10.5. The molecule has 0 saturated heterocycles. The number of anilines is 1. The first-order chi connectivity index (χ1) is 11.7. The molecule has 3 rings (SSSR count). The molecule has 1 aromatic carbocycles. The number of halogens is 1. The lowest BCUT2D eigenvalue weighted by Crippen LogP contribution is -2.14. The van der Waals surface area contributed by atoms with Gasteiger partial charge in [0.25, 0.3) is 0 Å². The molecule has 0 aliphatic carbocycles. The topological polar surface area (TPSA) is 54.9 Å². The van der Waals surface area contributed by atoms with Crippen molar-refractivity contribution in [1.29, 1.82) is 0 Å². The largest absolute Gasteiger partial charge is 0.301 e. The molecule has 0 aliphatic rings. The van der Waals surface area contributed by atoms with Crippen molar-refractivity contribution < 1.29 is 9.18 Å². The minimum Gasteiger partial charge on any atom is -0.301 e. The van der Waals surface area contributed by atoms with E-state index >= 15 is 0 Å². The fourth-order valence-corrected chi connectivity index (χ4v) is 3.47. The molecule has 0 fully saturated rings. The molecule has 0 aliphatic heterocycles. The third-order valence-corrected chi connectivity index (χ3v) is 4.85. The monoisotopic (exact) mass is 359 g/mol. The van der Waals surface area contributed by atoms with Crippen LogP contribution < -0.4 is 5.32 Å². The number of nitrogens with one attached hydrogen (secondary N) is 1. The van der Waals surface area contributed by atoms with E-state index in [1.54, 1.807) is 18.3 Å². The molecule has 0 atom stereocenters. The van der Waals surface area contributed by atoms with Crippen LogP contribution in [0.4, 0.5) is 9.52 Å². The van der Waals surface area contributed by atoms with Crippen molar-refractivity contribution in [3.05, 3.63) is 65.4 Å². The molecule has 1 N–H and O–H groups in total. The highest BCUT2D eigenvalue weighted by molar-refractivity contribution is 7.99. The summed E-state index contributed by atoms with van der Waals surface area (Å²) in [7, 11) is 0. The molecule has 7 heteroatoms. The lowest BCUT2D eigenvalue weighted by atomic mass is 10.2. The predicted molar refractivity (Wildman–Crippen MR) is 96.5 cm³/mol. The summed E-state index contributed by atoms with van der Waals surface area (Å²) in [6.45, 7) is 0. The first-order valence-corrected chi connectivity index (χ1v) is 9.23. The summed E-state index contributed by atoms with van der Waals surface area (Å²) in [6.07, 6.45) is 1.71. The van der Waals surface area contributed by atoms with E-state index in [0.717, 1.165) is 17.0 Å².